The minimum atomic E-state index is 0.451. The SMILES string of the molecule is COc1ccc(-c2cc(C)nc(NC3CCNCC3)n2)cc1. The molecule has 1 aliphatic rings. The number of ether oxygens (including phenoxy) is 1. The van der Waals surface area contributed by atoms with Crippen molar-refractivity contribution in [3.63, 3.8) is 0 Å². The molecule has 0 unspecified atom stereocenters. The van der Waals surface area contributed by atoms with Crippen LogP contribution in [0.3, 0.4) is 0 Å². The van der Waals surface area contributed by atoms with Gasteiger partial charge in [-0.15, -0.1) is 0 Å². The summed E-state index contributed by atoms with van der Waals surface area (Å²) in [6.07, 6.45) is 2.21. The van der Waals surface area contributed by atoms with E-state index in [0.29, 0.717) is 6.04 Å². The Balaban J connectivity index is 1.81. The quantitative estimate of drug-likeness (QED) is 0.908. The van der Waals surface area contributed by atoms with Gasteiger partial charge in [-0.1, -0.05) is 0 Å². The molecule has 1 aliphatic heterocycles. The first-order chi connectivity index (χ1) is 10.7. The first kappa shape index (κ1) is 14.8. The number of nitrogens with one attached hydrogen (secondary N) is 2. The number of piperidine rings is 1. The summed E-state index contributed by atoms with van der Waals surface area (Å²) in [5.41, 5.74) is 2.98. The maximum absolute atomic E-state index is 5.20. The molecule has 116 valence electrons. The molecule has 0 amide bonds. The maximum Gasteiger partial charge on any atom is 0.223 e. The van der Waals surface area contributed by atoms with Crippen molar-refractivity contribution in [3.8, 4) is 17.0 Å². The fourth-order valence-corrected chi connectivity index (χ4v) is 2.69. The lowest BCUT2D eigenvalue weighted by molar-refractivity contribution is 0.415. The van der Waals surface area contributed by atoms with Gasteiger partial charge in [0.15, 0.2) is 0 Å². The predicted molar refractivity (Wildman–Crippen MR) is 88.3 cm³/mol. The lowest BCUT2D eigenvalue weighted by atomic mass is 10.1. The first-order valence-corrected chi connectivity index (χ1v) is 7.72. The van der Waals surface area contributed by atoms with Crippen molar-refractivity contribution in [3.05, 3.63) is 36.0 Å². The Morgan fingerprint density at radius 1 is 1.14 bits per heavy atom. The van der Waals surface area contributed by atoms with Crippen LogP contribution in [0.1, 0.15) is 18.5 Å². The van der Waals surface area contributed by atoms with E-state index in [0.717, 1.165) is 54.6 Å². The average molecular weight is 298 g/mol. The molecule has 0 bridgehead atoms. The number of benzene rings is 1. The van der Waals surface area contributed by atoms with Crippen molar-refractivity contribution >= 4 is 5.95 Å². The van der Waals surface area contributed by atoms with Crippen LogP contribution >= 0.6 is 0 Å². The van der Waals surface area contributed by atoms with Crippen molar-refractivity contribution in [1.29, 1.82) is 0 Å². The Morgan fingerprint density at radius 2 is 1.86 bits per heavy atom. The molecule has 0 spiro atoms. The largest absolute Gasteiger partial charge is 0.497 e. The molecule has 1 aromatic carbocycles. The average Bonchev–Trinajstić information content (AvgIpc) is 2.55. The summed E-state index contributed by atoms with van der Waals surface area (Å²) in [5.74, 6) is 1.57. The van der Waals surface area contributed by atoms with Crippen LogP contribution in [0.25, 0.3) is 11.3 Å². The Kier molecular flexibility index (Phi) is 4.53. The number of hydrogen-bond donors (Lipinski definition) is 2. The molecule has 1 saturated heterocycles. The minimum Gasteiger partial charge on any atom is -0.497 e. The fourth-order valence-electron chi connectivity index (χ4n) is 2.69. The van der Waals surface area contributed by atoms with E-state index in [4.69, 9.17) is 4.74 Å². The number of methoxy groups -OCH3 is 1. The first-order valence-electron chi connectivity index (χ1n) is 7.72. The molecule has 2 heterocycles. The van der Waals surface area contributed by atoms with Crippen molar-refractivity contribution in [1.82, 2.24) is 15.3 Å². The molecule has 1 aromatic heterocycles. The van der Waals surface area contributed by atoms with Crippen molar-refractivity contribution in [2.45, 2.75) is 25.8 Å². The summed E-state index contributed by atoms with van der Waals surface area (Å²) in [4.78, 5) is 9.19. The zero-order valence-electron chi connectivity index (χ0n) is 13.1. The highest BCUT2D eigenvalue weighted by Crippen LogP contribution is 2.22. The molecule has 0 saturated carbocycles. The lowest BCUT2D eigenvalue weighted by Crippen LogP contribution is -2.35. The van der Waals surface area contributed by atoms with Crippen molar-refractivity contribution in [2.75, 3.05) is 25.5 Å². The molecule has 1 fully saturated rings. The van der Waals surface area contributed by atoms with Crippen LogP contribution in [0.4, 0.5) is 5.95 Å². The highest BCUT2D eigenvalue weighted by atomic mass is 16.5. The molecule has 2 aromatic rings. The van der Waals surface area contributed by atoms with E-state index < -0.39 is 0 Å². The summed E-state index contributed by atoms with van der Waals surface area (Å²) < 4.78 is 5.20. The monoisotopic (exact) mass is 298 g/mol. The number of nitrogens with zero attached hydrogens (tertiary/aromatic N) is 2. The molecule has 0 atom stereocenters. The predicted octanol–water partition coefficient (Wildman–Crippen LogP) is 2.62. The number of anilines is 1. The molecule has 2 N–H and O–H groups in total. The van der Waals surface area contributed by atoms with E-state index in [9.17, 15) is 0 Å². The maximum atomic E-state index is 5.20. The summed E-state index contributed by atoms with van der Waals surface area (Å²) in [6, 6.07) is 10.4. The molecular weight excluding hydrogens is 276 g/mol. The standard InChI is InChI=1S/C17H22N4O/c1-12-11-16(13-3-5-15(22-2)6-4-13)21-17(19-12)20-14-7-9-18-10-8-14/h3-6,11,14,18H,7-10H2,1-2H3,(H,19,20,21). The molecule has 0 radical (unpaired) electrons. The third-order valence-electron chi connectivity index (χ3n) is 3.91. The summed E-state index contributed by atoms with van der Waals surface area (Å²) >= 11 is 0. The van der Waals surface area contributed by atoms with Gasteiger partial charge in [0.05, 0.1) is 12.8 Å². The zero-order chi connectivity index (χ0) is 15.4. The van der Waals surface area contributed by atoms with Gasteiger partial charge < -0.3 is 15.4 Å². The van der Waals surface area contributed by atoms with Gasteiger partial charge in [0.1, 0.15) is 5.75 Å². The van der Waals surface area contributed by atoms with E-state index in [1.807, 2.05) is 37.3 Å². The van der Waals surface area contributed by atoms with Gasteiger partial charge in [-0.3, -0.25) is 0 Å². The molecule has 5 nitrogen and oxygen atoms in total. The Bertz CT molecular complexity index is 621. The minimum absolute atomic E-state index is 0.451. The van der Waals surface area contributed by atoms with Crippen LogP contribution in [-0.4, -0.2) is 36.2 Å². The van der Waals surface area contributed by atoms with E-state index in [2.05, 4.69) is 20.6 Å². The van der Waals surface area contributed by atoms with Gasteiger partial charge in [-0.25, -0.2) is 9.97 Å². The third-order valence-corrected chi connectivity index (χ3v) is 3.91. The van der Waals surface area contributed by atoms with Crippen LogP contribution in [0.15, 0.2) is 30.3 Å². The van der Waals surface area contributed by atoms with E-state index >= 15 is 0 Å². The van der Waals surface area contributed by atoms with Gasteiger partial charge >= 0.3 is 0 Å². The van der Waals surface area contributed by atoms with Gasteiger partial charge in [-0.05, 0) is 63.2 Å². The van der Waals surface area contributed by atoms with E-state index in [-0.39, 0.29) is 0 Å². The second-order valence-electron chi connectivity index (χ2n) is 5.62. The van der Waals surface area contributed by atoms with E-state index in [1.165, 1.54) is 0 Å². The Labute approximate surface area is 131 Å². The van der Waals surface area contributed by atoms with E-state index in [1.54, 1.807) is 7.11 Å². The molecular formula is C17H22N4O. The third kappa shape index (κ3) is 3.54. The summed E-state index contributed by atoms with van der Waals surface area (Å²) in [6.45, 7) is 4.10. The normalized spacial score (nSPS) is 15.5. The smallest absolute Gasteiger partial charge is 0.223 e. The second-order valence-corrected chi connectivity index (χ2v) is 5.62. The van der Waals surface area contributed by atoms with Crippen LogP contribution in [0.5, 0.6) is 5.75 Å². The van der Waals surface area contributed by atoms with Crippen LogP contribution in [0, 0.1) is 6.92 Å². The van der Waals surface area contributed by atoms with Crippen LogP contribution in [0.2, 0.25) is 0 Å². The van der Waals surface area contributed by atoms with Crippen LogP contribution < -0.4 is 15.4 Å². The van der Waals surface area contributed by atoms with Gasteiger partial charge in [0.25, 0.3) is 0 Å². The molecule has 3 rings (SSSR count). The number of rotatable bonds is 4. The molecule has 0 aliphatic carbocycles. The van der Waals surface area contributed by atoms with Gasteiger partial charge in [0, 0.05) is 17.3 Å². The van der Waals surface area contributed by atoms with Gasteiger partial charge in [-0.2, -0.15) is 0 Å². The fraction of sp³-hybridized carbons (Fsp3) is 0.412. The summed E-state index contributed by atoms with van der Waals surface area (Å²) in [7, 11) is 1.67. The van der Waals surface area contributed by atoms with Crippen molar-refractivity contribution in [2.24, 2.45) is 0 Å². The number of aryl methyl sites for hydroxylation is 1. The van der Waals surface area contributed by atoms with Crippen molar-refractivity contribution < 1.29 is 4.74 Å². The second kappa shape index (κ2) is 6.75. The molecule has 22 heavy (non-hydrogen) atoms. The number of aromatic nitrogens is 2. The van der Waals surface area contributed by atoms with Gasteiger partial charge in [0.2, 0.25) is 5.95 Å². The Hall–Kier alpha value is -2.14. The topological polar surface area (TPSA) is 59.1 Å². The summed E-state index contributed by atoms with van der Waals surface area (Å²) in [5, 5.41) is 6.83. The highest BCUT2D eigenvalue weighted by molar-refractivity contribution is 5.61. The zero-order valence-corrected chi connectivity index (χ0v) is 13.1. The molecule has 5 heteroatoms. The highest BCUT2D eigenvalue weighted by Gasteiger charge is 2.14. The Morgan fingerprint density at radius 3 is 2.55 bits per heavy atom. The lowest BCUT2D eigenvalue weighted by Gasteiger charge is -2.23. The number of hydrogen-bond acceptors (Lipinski definition) is 5. The van der Waals surface area contributed by atoms with Crippen LogP contribution in [-0.2, 0) is 0 Å².